The molecule has 1 aliphatic rings. The zero-order valence-corrected chi connectivity index (χ0v) is 13.3. The third-order valence-electron chi connectivity index (χ3n) is 3.91. The summed E-state index contributed by atoms with van der Waals surface area (Å²) in [7, 11) is 0. The molecule has 1 saturated heterocycles. The molecule has 0 spiro atoms. The molecule has 124 valence electrons. The number of urea groups is 1. The van der Waals surface area contributed by atoms with E-state index in [4.69, 9.17) is 11.6 Å². The van der Waals surface area contributed by atoms with Crippen molar-refractivity contribution >= 4 is 23.5 Å². The lowest BCUT2D eigenvalue weighted by Gasteiger charge is -2.23. The van der Waals surface area contributed by atoms with E-state index in [0.717, 1.165) is 23.1 Å². The first kappa shape index (κ1) is 16.3. The van der Waals surface area contributed by atoms with Crippen molar-refractivity contribution in [2.24, 2.45) is 0 Å². The number of aromatic nitrogens is 1. The van der Waals surface area contributed by atoms with Crippen LogP contribution in [0, 0.1) is 11.6 Å². The highest BCUT2D eigenvalue weighted by atomic mass is 35.5. The average molecular weight is 352 g/mol. The molecule has 24 heavy (non-hydrogen) atoms. The van der Waals surface area contributed by atoms with Crippen molar-refractivity contribution in [3.63, 3.8) is 0 Å². The number of nitrogens with zero attached hydrogens (tertiary/aromatic N) is 2. The third kappa shape index (κ3) is 2.60. The fourth-order valence-corrected chi connectivity index (χ4v) is 2.79. The van der Waals surface area contributed by atoms with E-state index < -0.39 is 29.1 Å². The van der Waals surface area contributed by atoms with E-state index in [-0.39, 0.29) is 17.3 Å². The minimum absolute atomic E-state index is 0.121. The van der Waals surface area contributed by atoms with Gasteiger partial charge in [0.2, 0.25) is 0 Å². The van der Waals surface area contributed by atoms with Gasteiger partial charge in [-0.15, -0.1) is 0 Å². The van der Waals surface area contributed by atoms with Gasteiger partial charge in [0.1, 0.15) is 22.3 Å². The molecule has 1 aromatic heterocycles. The number of nitrogens with one attached hydrogen (secondary N) is 1. The number of rotatable bonds is 3. The highest BCUT2D eigenvalue weighted by molar-refractivity contribution is 6.30. The van der Waals surface area contributed by atoms with Crippen LogP contribution in [0.15, 0.2) is 36.5 Å². The average Bonchev–Trinajstić information content (AvgIpc) is 2.76. The van der Waals surface area contributed by atoms with Gasteiger partial charge in [-0.2, -0.15) is 0 Å². The van der Waals surface area contributed by atoms with Gasteiger partial charge >= 0.3 is 6.03 Å². The number of hydrogen-bond acceptors (Lipinski definition) is 3. The zero-order chi connectivity index (χ0) is 17.5. The van der Waals surface area contributed by atoms with Gasteiger partial charge in [0.15, 0.2) is 0 Å². The molecule has 0 aliphatic carbocycles. The molecule has 1 aromatic carbocycles. The molecule has 2 heterocycles. The number of carbonyl (C=O) groups is 2. The Bertz CT molecular complexity index is 846. The largest absolute Gasteiger partial charge is 0.325 e. The quantitative estimate of drug-likeness (QED) is 0.683. The smallest absolute Gasteiger partial charge is 0.319 e. The highest BCUT2D eigenvalue weighted by Crippen LogP contribution is 2.32. The second kappa shape index (κ2) is 5.83. The number of hydrogen-bond donors (Lipinski definition) is 1. The van der Waals surface area contributed by atoms with Crippen molar-refractivity contribution in [3.05, 3.63) is 64.4 Å². The Labute approximate surface area is 141 Å². The Morgan fingerprint density at radius 2 is 2.04 bits per heavy atom. The molecule has 0 saturated carbocycles. The predicted octanol–water partition coefficient (Wildman–Crippen LogP) is 2.98. The summed E-state index contributed by atoms with van der Waals surface area (Å²) in [5.41, 5.74) is -1.47. The van der Waals surface area contributed by atoms with Gasteiger partial charge in [0, 0.05) is 17.3 Å². The topological polar surface area (TPSA) is 62.3 Å². The molecule has 1 fully saturated rings. The van der Waals surface area contributed by atoms with Crippen LogP contribution in [0.4, 0.5) is 13.6 Å². The van der Waals surface area contributed by atoms with Crippen molar-refractivity contribution < 1.29 is 18.4 Å². The van der Waals surface area contributed by atoms with Crippen molar-refractivity contribution in [2.45, 2.75) is 19.0 Å². The molecule has 1 aliphatic heterocycles. The second-order valence-corrected chi connectivity index (χ2v) is 5.88. The first-order valence-electron chi connectivity index (χ1n) is 7.02. The molecule has 1 N–H and O–H groups in total. The lowest BCUT2D eigenvalue weighted by atomic mass is 9.91. The summed E-state index contributed by atoms with van der Waals surface area (Å²) in [6.07, 6.45) is 1.48. The minimum atomic E-state index is -1.70. The van der Waals surface area contributed by atoms with Crippen molar-refractivity contribution in [1.82, 2.24) is 15.2 Å². The van der Waals surface area contributed by atoms with E-state index in [9.17, 15) is 18.4 Å². The summed E-state index contributed by atoms with van der Waals surface area (Å²) >= 11 is 5.94. The van der Waals surface area contributed by atoms with Crippen molar-refractivity contribution in [2.75, 3.05) is 0 Å². The first-order chi connectivity index (χ1) is 11.3. The number of amides is 3. The monoisotopic (exact) mass is 351 g/mol. The zero-order valence-electron chi connectivity index (χ0n) is 12.5. The van der Waals surface area contributed by atoms with E-state index in [1.165, 1.54) is 13.1 Å². The van der Waals surface area contributed by atoms with Crippen LogP contribution in [0.25, 0.3) is 0 Å². The summed E-state index contributed by atoms with van der Waals surface area (Å²) in [6.45, 7) is 1.21. The molecular weight excluding hydrogens is 340 g/mol. The van der Waals surface area contributed by atoms with Gasteiger partial charge in [-0.25, -0.2) is 18.6 Å². The van der Waals surface area contributed by atoms with Gasteiger partial charge in [0.25, 0.3) is 5.91 Å². The van der Waals surface area contributed by atoms with Crippen molar-refractivity contribution in [3.8, 4) is 0 Å². The molecule has 3 amide bonds. The van der Waals surface area contributed by atoms with Gasteiger partial charge < -0.3 is 5.32 Å². The molecule has 2 aromatic rings. The Kier molecular flexibility index (Phi) is 3.96. The molecule has 8 heteroatoms. The van der Waals surface area contributed by atoms with Crippen molar-refractivity contribution in [1.29, 1.82) is 0 Å². The van der Waals surface area contributed by atoms with Gasteiger partial charge in [-0.1, -0.05) is 17.7 Å². The van der Waals surface area contributed by atoms with E-state index >= 15 is 0 Å². The summed E-state index contributed by atoms with van der Waals surface area (Å²) in [5, 5.41) is 2.58. The van der Waals surface area contributed by atoms with E-state index in [1.807, 2.05) is 0 Å². The lowest BCUT2D eigenvalue weighted by Crippen LogP contribution is -2.41. The lowest BCUT2D eigenvalue weighted by molar-refractivity contribution is -0.131. The summed E-state index contributed by atoms with van der Waals surface area (Å²) in [5.74, 6) is -2.19. The summed E-state index contributed by atoms with van der Waals surface area (Å²) in [6, 6.07) is 5.27. The maximum absolute atomic E-state index is 14.1. The van der Waals surface area contributed by atoms with Gasteiger partial charge in [0.05, 0.1) is 6.54 Å². The second-order valence-electron chi connectivity index (χ2n) is 5.52. The standard InChI is InChI=1S/C16H12ClF2N3O2/c1-16(11-7-10(18)4-5-12(11)19)14(23)22(15(24)21-16)8-9-3-2-6-20-13(9)17/h2-7H,8H2,1H3,(H,21,24). The van der Waals surface area contributed by atoms with E-state index in [1.54, 1.807) is 12.1 Å². The van der Waals surface area contributed by atoms with Crippen LogP contribution < -0.4 is 5.32 Å². The van der Waals surface area contributed by atoms with Crippen LogP contribution in [0.5, 0.6) is 0 Å². The van der Waals surface area contributed by atoms with E-state index in [2.05, 4.69) is 10.3 Å². The summed E-state index contributed by atoms with van der Waals surface area (Å²) < 4.78 is 27.5. The molecular formula is C16H12ClF2N3O2. The number of benzene rings is 1. The van der Waals surface area contributed by atoms with Crippen LogP contribution in [-0.2, 0) is 16.9 Å². The number of halogens is 3. The normalized spacial score (nSPS) is 20.4. The minimum Gasteiger partial charge on any atom is -0.319 e. The third-order valence-corrected chi connectivity index (χ3v) is 4.25. The van der Waals surface area contributed by atoms with Crippen LogP contribution >= 0.6 is 11.6 Å². The maximum Gasteiger partial charge on any atom is 0.325 e. The Balaban J connectivity index is 1.96. The van der Waals surface area contributed by atoms with Gasteiger partial charge in [-0.05, 0) is 31.2 Å². The molecule has 0 radical (unpaired) electrons. The fourth-order valence-electron chi connectivity index (χ4n) is 2.61. The Morgan fingerprint density at radius 1 is 1.29 bits per heavy atom. The number of pyridine rings is 1. The molecule has 5 nitrogen and oxygen atoms in total. The molecule has 3 rings (SSSR count). The highest BCUT2D eigenvalue weighted by Gasteiger charge is 2.50. The SMILES string of the molecule is CC1(c2cc(F)ccc2F)NC(=O)N(Cc2cccnc2Cl)C1=O. The predicted molar refractivity (Wildman–Crippen MR) is 82.0 cm³/mol. The van der Waals surface area contributed by atoms with Crippen LogP contribution in [-0.4, -0.2) is 21.8 Å². The number of imide groups is 1. The van der Waals surface area contributed by atoms with Crippen LogP contribution in [0.1, 0.15) is 18.1 Å². The first-order valence-corrected chi connectivity index (χ1v) is 7.40. The maximum atomic E-state index is 14.1. The Morgan fingerprint density at radius 3 is 2.75 bits per heavy atom. The summed E-state index contributed by atoms with van der Waals surface area (Å²) in [4.78, 5) is 29.7. The number of carbonyl (C=O) groups excluding carboxylic acids is 2. The molecule has 0 bridgehead atoms. The van der Waals surface area contributed by atoms with Crippen LogP contribution in [0.3, 0.4) is 0 Å². The molecule has 1 atom stereocenters. The molecule has 1 unspecified atom stereocenters. The fraction of sp³-hybridized carbons (Fsp3) is 0.188. The van der Waals surface area contributed by atoms with E-state index in [0.29, 0.717) is 5.56 Å². The van der Waals surface area contributed by atoms with Gasteiger partial charge in [-0.3, -0.25) is 9.69 Å². The van der Waals surface area contributed by atoms with Crippen LogP contribution in [0.2, 0.25) is 5.15 Å². The Hall–Kier alpha value is -2.54.